The average Bonchev–Trinajstić information content (AvgIpc) is 3.58. The highest BCUT2D eigenvalue weighted by Crippen LogP contribution is 2.40. The molecule has 2 heterocycles. The number of aromatic nitrogens is 1. The van der Waals surface area contributed by atoms with Crippen molar-refractivity contribution >= 4 is 62.3 Å². The van der Waals surface area contributed by atoms with Gasteiger partial charge in [0.2, 0.25) is 0 Å². The fourth-order valence-electron chi connectivity index (χ4n) is 6.62. The molecule has 0 spiro atoms. The Balaban J connectivity index is 1.59. The summed E-state index contributed by atoms with van der Waals surface area (Å²) in [5.74, 6) is 0. The van der Waals surface area contributed by atoms with Gasteiger partial charge in [0.05, 0.1) is 0 Å². The Labute approximate surface area is 222 Å². The van der Waals surface area contributed by atoms with Gasteiger partial charge in [0.25, 0.3) is 0 Å². The van der Waals surface area contributed by atoms with E-state index < -0.39 is 8.07 Å². The van der Waals surface area contributed by atoms with Crippen molar-refractivity contribution in [1.29, 1.82) is 0 Å². The van der Waals surface area contributed by atoms with Crippen molar-refractivity contribution in [2.75, 3.05) is 0 Å². The predicted octanol–water partition coefficient (Wildman–Crippen LogP) is 7.18. The monoisotopic (exact) mass is 499 g/mol. The molecule has 0 saturated heterocycles. The van der Waals surface area contributed by atoms with Crippen molar-refractivity contribution in [2.45, 2.75) is 0 Å². The summed E-state index contributed by atoms with van der Waals surface area (Å²) in [6.45, 7) is 0. The smallest absolute Gasteiger partial charge is 0.175 e. The summed E-state index contributed by atoms with van der Waals surface area (Å²) in [5, 5.41) is 9.51. The maximum absolute atomic E-state index is 3.97. The van der Waals surface area contributed by atoms with Crippen molar-refractivity contribution in [3.8, 4) is 11.1 Å². The molecule has 7 aromatic rings. The summed E-state index contributed by atoms with van der Waals surface area (Å²) in [5.41, 5.74) is 8.88. The van der Waals surface area contributed by atoms with E-state index in [-0.39, 0.29) is 0 Å². The lowest BCUT2D eigenvalue weighted by Gasteiger charge is -2.29. The molecule has 8 rings (SSSR count). The third-order valence-corrected chi connectivity index (χ3v) is 12.7. The molecule has 0 bridgehead atoms. The Bertz CT molecular complexity index is 1960. The molecular weight excluding hydrogens is 474 g/mol. The van der Waals surface area contributed by atoms with E-state index in [0.717, 1.165) is 0 Å². The molecule has 0 aliphatic carbocycles. The van der Waals surface area contributed by atoms with Crippen LogP contribution < -0.4 is 15.6 Å². The third kappa shape index (κ3) is 2.92. The maximum Gasteiger partial charge on any atom is 0.175 e. The molecule has 1 nitrogen and oxygen atoms in total. The summed E-state index contributed by atoms with van der Waals surface area (Å²) < 4.78 is 0. The number of fused-ring (bicyclic) bond motifs is 7. The van der Waals surface area contributed by atoms with Crippen LogP contribution in [-0.2, 0) is 0 Å². The lowest BCUT2D eigenvalue weighted by Crippen LogP contribution is -2.65. The van der Waals surface area contributed by atoms with Crippen LogP contribution in [0.1, 0.15) is 5.56 Å². The molecule has 178 valence electrons. The van der Waals surface area contributed by atoms with Gasteiger partial charge >= 0.3 is 0 Å². The summed E-state index contributed by atoms with van der Waals surface area (Å²) in [4.78, 5) is 3.97. The molecule has 2 heteroatoms. The zero-order valence-electron chi connectivity index (χ0n) is 20.9. The zero-order chi connectivity index (χ0) is 25.1. The predicted molar refractivity (Wildman–Crippen MR) is 165 cm³/mol. The van der Waals surface area contributed by atoms with Crippen molar-refractivity contribution in [3.05, 3.63) is 145 Å². The first-order chi connectivity index (χ1) is 18.8. The number of rotatable bonds is 3. The molecule has 1 aliphatic rings. The second-order valence-electron chi connectivity index (χ2n) is 10.2. The SMILES string of the molecule is C1=C[Si](c2ccccc2)(c2ccccc2)c2c1cc(-c1ccccc1)c1c2[nH]c2ccc3ccccc3c21. The molecule has 6 aromatic carbocycles. The second-order valence-corrected chi connectivity index (χ2v) is 13.8. The molecule has 0 fully saturated rings. The van der Waals surface area contributed by atoms with Gasteiger partial charge in [-0.25, -0.2) is 0 Å². The minimum absolute atomic E-state index is 1.19. The fourth-order valence-corrected chi connectivity index (χ4v) is 11.1. The van der Waals surface area contributed by atoms with Gasteiger partial charge in [0.15, 0.2) is 8.07 Å². The molecule has 1 aliphatic heterocycles. The van der Waals surface area contributed by atoms with Gasteiger partial charge < -0.3 is 4.98 Å². The number of H-pyrrole nitrogens is 1. The van der Waals surface area contributed by atoms with E-state index in [1.165, 1.54) is 64.8 Å². The van der Waals surface area contributed by atoms with Crippen LogP contribution in [0.25, 0.3) is 49.8 Å². The average molecular weight is 500 g/mol. The van der Waals surface area contributed by atoms with Crippen LogP contribution >= 0.6 is 0 Å². The number of nitrogens with one attached hydrogen (secondary N) is 1. The van der Waals surface area contributed by atoms with E-state index >= 15 is 0 Å². The number of aromatic amines is 1. The molecular formula is C36H25NSi. The van der Waals surface area contributed by atoms with Gasteiger partial charge in [0, 0.05) is 21.8 Å². The van der Waals surface area contributed by atoms with E-state index in [9.17, 15) is 0 Å². The molecule has 0 atom stereocenters. The van der Waals surface area contributed by atoms with Crippen LogP contribution in [0, 0.1) is 0 Å². The first-order valence-electron chi connectivity index (χ1n) is 13.2. The molecule has 0 unspecified atom stereocenters. The summed E-state index contributed by atoms with van der Waals surface area (Å²) >= 11 is 0. The molecule has 1 aromatic heterocycles. The van der Waals surface area contributed by atoms with Gasteiger partial charge in [0.1, 0.15) is 0 Å². The van der Waals surface area contributed by atoms with Gasteiger partial charge in [-0.2, -0.15) is 0 Å². The fraction of sp³-hybridized carbons (Fsp3) is 0. The maximum atomic E-state index is 3.97. The standard InChI is InChI=1S/C36H25NSi/c1-4-12-25(13-5-1)31-24-27-22-23-38(28-15-6-2-7-16-28,29-17-8-3-9-18-29)36(27)35-34(31)33-30-19-11-10-14-26(30)20-21-32(33)37-35/h1-24,37H. The lowest BCUT2D eigenvalue weighted by molar-refractivity contribution is 1.55. The quantitative estimate of drug-likeness (QED) is 0.248. The Morgan fingerprint density at radius 1 is 0.553 bits per heavy atom. The molecule has 0 saturated carbocycles. The van der Waals surface area contributed by atoms with Gasteiger partial charge in [-0.05, 0) is 55.2 Å². The third-order valence-electron chi connectivity index (χ3n) is 8.25. The van der Waals surface area contributed by atoms with E-state index in [1.54, 1.807) is 0 Å². The highest BCUT2D eigenvalue weighted by atomic mass is 28.3. The topological polar surface area (TPSA) is 15.8 Å². The number of hydrogen-bond acceptors (Lipinski definition) is 0. The van der Waals surface area contributed by atoms with Crippen LogP contribution in [0.4, 0.5) is 0 Å². The Kier molecular flexibility index (Phi) is 4.61. The normalized spacial score (nSPS) is 13.9. The highest BCUT2D eigenvalue weighted by Gasteiger charge is 2.43. The minimum Gasteiger partial charge on any atom is -0.355 e. The minimum atomic E-state index is -2.44. The highest BCUT2D eigenvalue weighted by molar-refractivity contribution is 7.17. The zero-order valence-corrected chi connectivity index (χ0v) is 21.9. The number of benzene rings is 6. The van der Waals surface area contributed by atoms with Crippen molar-refractivity contribution in [1.82, 2.24) is 4.98 Å². The van der Waals surface area contributed by atoms with Crippen LogP contribution in [0.15, 0.2) is 139 Å². The van der Waals surface area contributed by atoms with Crippen LogP contribution in [0.2, 0.25) is 0 Å². The lowest BCUT2D eigenvalue weighted by atomic mass is 9.95. The summed E-state index contributed by atoms with van der Waals surface area (Å²) in [6.07, 6.45) is 2.39. The summed E-state index contributed by atoms with van der Waals surface area (Å²) in [7, 11) is -2.44. The van der Waals surface area contributed by atoms with E-state index in [4.69, 9.17) is 0 Å². The van der Waals surface area contributed by atoms with Gasteiger partial charge in [-0.1, -0.05) is 133 Å². The Morgan fingerprint density at radius 3 is 1.89 bits per heavy atom. The van der Waals surface area contributed by atoms with Crippen molar-refractivity contribution in [2.24, 2.45) is 0 Å². The molecule has 38 heavy (non-hydrogen) atoms. The largest absolute Gasteiger partial charge is 0.355 e. The van der Waals surface area contributed by atoms with E-state index in [0.29, 0.717) is 0 Å². The van der Waals surface area contributed by atoms with Crippen LogP contribution in [0.5, 0.6) is 0 Å². The Hall–Kier alpha value is -4.66. The first kappa shape index (κ1) is 21.4. The van der Waals surface area contributed by atoms with Crippen molar-refractivity contribution in [3.63, 3.8) is 0 Å². The van der Waals surface area contributed by atoms with E-state index in [1.807, 2.05) is 0 Å². The molecule has 0 radical (unpaired) electrons. The molecule has 1 N–H and O–H groups in total. The van der Waals surface area contributed by atoms with Crippen LogP contribution in [0.3, 0.4) is 0 Å². The number of hydrogen-bond donors (Lipinski definition) is 1. The Morgan fingerprint density at radius 2 is 1.18 bits per heavy atom. The summed E-state index contributed by atoms with van der Waals surface area (Å²) in [6, 6.07) is 48.9. The second kappa shape index (κ2) is 8.17. The van der Waals surface area contributed by atoms with Gasteiger partial charge in [-0.3, -0.25) is 0 Å². The van der Waals surface area contributed by atoms with Gasteiger partial charge in [-0.15, -0.1) is 0 Å². The molecule has 0 amide bonds. The van der Waals surface area contributed by atoms with E-state index in [2.05, 4.69) is 150 Å². The van der Waals surface area contributed by atoms with Crippen LogP contribution in [-0.4, -0.2) is 13.1 Å². The van der Waals surface area contributed by atoms with Crippen molar-refractivity contribution < 1.29 is 0 Å². The first-order valence-corrected chi connectivity index (χ1v) is 15.3.